The second kappa shape index (κ2) is 5.22. The molecule has 0 spiro atoms. The first-order valence-corrected chi connectivity index (χ1v) is 7.22. The van der Waals surface area contributed by atoms with Crippen LogP contribution in [0.3, 0.4) is 0 Å². The van der Waals surface area contributed by atoms with Gasteiger partial charge in [0.15, 0.2) is 0 Å². The first-order chi connectivity index (χ1) is 9.32. The van der Waals surface area contributed by atoms with Crippen molar-refractivity contribution >= 4 is 27.7 Å². The largest absolute Gasteiger partial charge is 0.469 e. The number of benzene rings is 1. The minimum absolute atomic E-state index is 0.0622. The van der Waals surface area contributed by atoms with Crippen molar-refractivity contribution in [3.63, 3.8) is 0 Å². The Morgan fingerprint density at radius 1 is 1.35 bits per heavy atom. The third-order valence-corrected chi connectivity index (χ3v) is 3.97. The Bertz CT molecular complexity index is 636. The van der Waals surface area contributed by atoms with Gasteiger partial charge in [0.2, 0.25) is 5.91 Å². The highest BCUT2D eigenvalue weighted by atomic mass is 32.2. The Kier molecular flexibility index (Phi) is 3.78. The molecule has 7 nitrogen and oxygen atoms in total. The number of hydrogen-bond donors (Lipinski definition) is 1. The zero-order valence-corrected chi connectivity index (χ0v) is 11.5. The van der Waals surface area contributed by atoms with E-state index in [9.17, 15) is 18.0 Å². The lowest BCUT2D eigenvalue weighted by Crippen LogP contribution is -2.26. The number of carbonyl (C=O) groups is 2. The molecular formula is C12H13NO6S. The van der Waals surface area contributed by atoms with E-state index in [0.717, 1.165) is 0 Å². The van der Waals surface area contributed by atoms with Crippen LogP contribution in [-0.2, 0) is 24.4 Å². The summed E-state index contributed by atoms with van der Waals surface area (Å²) in [5, 5.41) is 0. The molecule has 108 valence electrons. The highest BCUT2D eigenvalue weighted by Crippen LogP contribution is 2.26. The number of methoxy groups -OCH3 is 1. The number of carbonyl (C=O) groups excluding carboxylic acids is 2. The lowest BCUT2D eigenvalue weighted by atomic mass is 10.1. The Balaban J connectivity index is 2.21. The Morgan fingerprint density at radius 3 is 2.45 bits per heavy atom. The monoisotopic (exact) mass is 299 g/mol. The van der Waals surface area contributed by atoms with Crippen molar-refractivity contribution in [2.45, 2.75) is 11.3 Å². The van der Waals surface area contributed by atoms with Crippen molar-refractivity contribution in [1.29, 1.82) is 0 Å². The molecule has 0 aliphatic carbocycles. The van der Waals surface area contributed by atoms with Gasteiger partial charge in [-0.15, -0.1) is 0 Å². The number of ether oxygens (including phenoxy) is 1. The molecule has 0 aromatic heterocycles. The van der Waals surface area contributed by atoms with Gasteiger partial charge in [-0.2, -0.15) is 8.42 Å². The van der Waals surface area contributed by atoms with Gasteiger partial charge in [0.05, 0.1) is 17.9 Å². The number of rotatable bonds is 3. The van der Waals surface area contributed by atoms with Gasteiger partial charge in [-0.05, 0) is 24.3 Å². The van der Waals surface area contributed by atoms with E-state index >= 15 is 0 Å². The smallest absolute Gasteiger partial charge is 0.311 e. The minimum atomic E-state index is -4.26. The number of hydrogen-bond acceptors (Lipinski definition) is 5. The molecule has 2 rings (SSSR count). The van der Waals surface area contributed by atoms with Crippen LogP contribution in [0.25, 0.3) is 0 Å². The van der Waals surface area contributed by atoms with Crippen LogP contribution >= 0.6 is 0 Å². The third-order valence-electron chi connectivity index (χ3n) is 3.11. The van der Waals surface area contributed by atoms with Crippen molar-refractivity contribution in [1.82, 2.24) is 0 Å². The van der Waals surface area contributed by atoms with E-state index < -0.39 is 22.0 Å². The fourth-order valence-corrected chi connectivity index (χ4v) is 2.56. The zero-order valence-electron chi connectivity index (χ0n) is 10.6. The topological polar surface area (TPSA) is 101 Å². The lowest BCUT2D eigenvalue weighted by molar-refractivity contribution is -0.145. The van der Waals surface area contributed by atoms with Gasteiger partial charge in [-0.3, -0.25) is 14.1 Å². The summed E-state index contributed by atoms with van der Waals surface area (Å²) in [7, 11) is -3.00. The molecule has 8 heteroatoms. The summed E-state index contributed by atoms with van der Waals surface area (Å²) < 4.78 is 35.3. The molecule has 1 saturated heterocycles. The molecule has 0 radical (unpaired) electrons. The Hall–Kier alpha value is -1.93. The van der Waals surface area contributed by atoms with Crippen molar-refractivity contribution in [3.05, 3.63) is 24.3 Å². The number of amides is 1. The van der Waals surface area contributed by atoms with Gasteiger partial charge in [-0.25, -0.2) is 0 Å². The average molecular weight is 299 g/mol. The molecule has 0 saturated carbocycles. The van der Waals surface area contributed by atoms with E-state index in [4.69, 9.17) is 4.55 Å². The van der Waals surface area contributed by atoms with Crippen LogP contribution in [0.5, 0.6) is 0 Å². The molecule has 1 aromatic carbocycles. The number of esters is 1. The van der Waals surface area contributed by atoms with E-state index in [0.29, 0.717) is 5.69 Å². The van der Waals surface area contributed by atoms with Gasteiger partial charge in [0.1, 0.15) is 0 Å². The number of nitrogens with zero attached hydrogens (tertiary/aromatic N) is 1. The highest BCUT2D eigenvalue weighted by Gasteiger charge is 2.35. The predicted molar refractivity (Wildman–Crippen MR) is 68.7 cm³/mol. The zero-order chi connectivity index (χ0) is 14.9. The Labute approximate surface area is 115 Å². The summed E-state index contributed by atoms with van der Waals surface area (Å²) >= 11 is 0. The van der Waals surface area contributed by atoms with Crippen molar-refractivity contribution < 1.29 is 27.3 Å². The molecular weight excluding hydrogens is 286 g/mol. The third kappa shape index (κ3) is 2.81. The normalized spacial score (nSPS) is 19.2. The molecule has 1 atom stereocenters. The second-order valence-corrected chi connectivity index (χ2v) is 5.82. The SMILES string of the molecule is COC(=O)C1CC(=O)N(c2ccc(S(=O)(=O)O)cc2)C1. The van der Waals surface area contributed by atoms with Crippen LogP contribution in [-0.4, -0.2) is 38.5 Å². The van der Waals surface area contributed by atoms with Gasteiger partial charge in [-0.1, -0.05) is 0 Å². The second-order valence-electron chi connectivity index (χ2n) is 4.40. The molecule has 1 N–H and O–H groups in total. The molecule has 1 amide bonds. The molecule has 0 bridgehead atoms. The summed E-state index contributed by atoms with van der Waals surface area (Å²) in [5.74, 6) is -1.20. The van der Waals surface area contributed by atoms with Crippen LogP contribution in [0, 0.1) is 5.92 Å². The standard InChI is InChI=1S/C12H13NO6S/c1-19-12(15)8-6-11(14)13(7-8)9-2-4-10(5-3-9)20(16,17)18/h2-5,8H,6-7H2,1H3,(H,16,17,18). The lowest BCUT2D eigenvalue weighted by Gasteiger charge is -2.16. The maximum Gasteiger partial charge on any atom is 0.311 e. The van der Waals surface area contributed by atoms with Crippen LogP contribution in [0.1, 0.15) is 6.42 Å². The van der Waals surface area contributed by atoms with Gasteiger partial charge in [0, 0.05) is 18.7 Å². The number of anilines is 1. The summed E-state index contributed by atoms with van der Waals surface area (Å²) in [6.45, 7) is 0.191. The summed E-state index contributed by atoms with van der Waals surface area (Å²) in [6.07, 6.45) is 0.0622. The molecule has 1 aliphatic rings. The Morgan fingerprint density at radius 2 is 1.95 bits per heavy atom. The predicted octanol–water partition coefficient (Wildman–Crippen LogP) is 0.459. The van der Waals surface area contributed by atoms with Gasteiger partial charge in [0.25, 0.3) is 10.1 Å². The van der Waals surface area contributed by atoms with Gasteiger partial charge < -0.3 is 9.64 Å². The highest BCUT2D eigenvalue weighted by molar-refractivity contribution is 7.85. The maximum absolute atomic E-state index is 11.8. The van der Waals surface area contributed by atoms with E-state index in [-0.39, 0.29) is 23.8 Å². The van der Waals surface area contributed by atoms with Crippen molar-refractivity contribution in [2.75, 3.05) is 18.6 Å². The fourth-order valence-electron chi connectivity index (χ4n) is 2.08. The molecule has 1 heterocycles. The van der Waals surface area contributed by atoms with E-state index in [1.807, 2.05) is 0 Å². The van der Waals surface area contributed by atoms with Crippen LogP contribution in [0.15, 0.2) is 29.2 Å². The molecule has 1 fully saturated rings. The van der Waals surface area contributed by atoms with Crippen LogP contribution in [0.4, 0.5) is 5.69 Å². The molecule has 20 heavy (non-hydrogen) atoms. The van der Waals surface area contributed by atoms with Crippen LogP contribution in [0.2, 0.25) is 0 Å². The summed E-state index contributed by atoms with van der Waals surface area (Å²) in [6, 6.07) is 5.20. The van der Waals surface area contributed by atoms with Crippen molar-refractivity contribution in [2.24, 2.45) is 5.92 Å². The quantitative estimate of drug-likeness (QED) is 0.642. The minimum Gasteiger partial charge on any atom is -0.469 e. The first kappa shape index (κ1) is 14.5. The fraction of sp³-hybridized carbons (Fsp3) is 0.333. The van der Waals surface area contributed by atoms with Gasteiger partial charge >= 0.3 is 5.97 Å². The molecule has 1 unspecified atom stereocenters. The van der Waals surface area contributed by atoms with Crippen molar-refractivity contribution in [3.8, 4) is 0 Å². The molecule has 1 aromatic rings. The summed E-state index contributed by atoms with van der Waals surface area (Å²) in [5.41, 5.74) is 0.466. The maximum atomic E-state index is 11.8. The first-order valence-electron chi connectivity index (χ1n) is 5.78. The molecule has 1 aliphatic heterocycles. The van der Waals surface area contributed by atoms with E-state index in [1.165, 1.54) is 36.3 Å². The summed E-state index contributed by atoms with van der Waals surface area (Å²) in [4.78, 5) is 24.4. The van der Waals surface area contributed by atoms with E-state index in [1.54, 1.807) is 0 Å². The van der Waals surface area contributed by atoms with Crippen LogP contribution < -0.4 is 4.90 Å². The average Bonchev–Trinajstić information content (AvgIpc) is 2.79. The van der Waals surface area contributed by atoms with E-state index in [2.05, 4.69) is 4.74 Å².